The van der Waals surface area contributed by atoms with Crippen molar-refractivity contribution in [2.45, 2.75) is 0 Å². The molecule has 2 aromatic rings. The number of amidine groups is 1. The maximum absolute atomic E-state index is 8.32. The molecule has 0 bridgehead atoms. The van der Waals surface area contributed by atoms with Crippen molar-refractivity contribution in [3.05, 3.63) is 66.2 Å². The lowest BCUT2D eigenvalue weighted by molar-refractivity contribution is 0.154. The molecule has 0 aromatic heterocycles. The van der Waals surface area contributed by atoms with Crippen LogP contribution >= 0.6 is 0 Å². The summed E-state index contributed by atoms with van der Waals surface area (Å²) in [6, 6.07) is 19.9. The van der Waals surface area contributed by atoms with Crippen molar-refractivity contribution in [1.29, 1.82) is 5.41 Å². The average molecular weight is 309 g/mol. The largest absolute Gasteiger partial charge is 0.492 e. The molecule has 1 saturated heterocycles. The SMILES string of the molecule is N=C(c1ccccc1)N1CCN(CCOc2ccccc2)CC1. The topological polar surface area (TPSA) is 39.6 Å². The molecule has 3 rings (SSSR count). The molecule has 1 N–H and O–H groups in total. The Labute approximate surface area is 137 Å². The smallest absolute Gasteiger partial charge is 0.128 e. The molecule has 120 valence electrons. The van der Waals surface area contributed by atoms with Gasteiger partial charge in [0.05, 0.1) is 0 Å². The summed E-state index contributed by atoms with van der Waals surface area (Å²) in [7, 11) is 0. The number of benzene rings is 2. The van der Waals surface area contributed by atoms with Gasteiger partial charge in [0, 0.05) is 38.3 Å². The van der Waals surface area contributed by atoms with Crippen molar-refractivity contribution >= 4 is 5.84 Å². The monoisotopic (exact) mass is 309 g/mol. The van der Waals surface area contributed by atoms with Crippen LogP contribution in [0.4, 0.5) is 0 Å². The quantitative estimate of drug-likeness (QED) is 0.682. The summed E-state index contributed by atoms with van der Waals surface area (Å²) < 4.78 is 5.75. The predicted octanol–water partition coefficient (Wildman–Crippen LogP) is 2.71. The van der Waals surface area contributed by atoms with Gasteiger partial charge in [0.25, 0.3) is 0 Å². The van der Waals surface area contributed by atoms with Crippen LogP contribution in [0, 0.1) is 5.41 Å². The van der Waals surface area contributed by atoms with E-state index in [9.17, 15) is 0 Å². The summed E-state index contributed by atoms with van der Waals surface area (Å²) in [5.74, 6) is 1.56. The Kier molecular flexibility index (Phi) is 5.27. The third-order valence-electron chi connectivity index (χ3n) is 4.16. The van der Waals surface area contributed by atoms with Crippen LogP contribution in [0.15, 0.2) is 60.7 Å². The molecule has 0 unspecified atom stereocenters. The van der Waals surface area contributed by atoms with Crippen molar-refractivity contribution in [2.24, 2.45) is 0 Å². The van der Waals surface area contributed by atoms with Gasteiger partial charge < -0.3 is 9.64 Å². The van der Waals surface area contributed by atoms with Gasteiger partial charge in [-0.1, -0.05) is 48.5 Å². The number of para-hydroxylation sites is 1. The number of piperazine rings is 1. The first-order valence-electron chi connectivity index (χ1n) is 8.12. The van der Waals surface area contributed by atoms with Crippen molar-refractivity contribution in [3.63, 3.8) is 0 Å². The molecule has 0 spiro atoms. The third kappa shape index (κ3) is 4.33. The molecular formula is C19H23N3O. The Morgan fingerprint density at radius 2 is 1.48 bits per heavy atom. The molecule has 1 heterocycles. The van der Waals surface area contributed by atoms with E-state index in [4.69, 9.17) is 10.1 Å². The van der Waals surface area contributed by atoms with Gasteiger partial charge in [-0.2, -0.15) is 0 Å². The maximum Gasteiger partial charge on any atom is 0.128 e. The van der Waals surface area contributed by atoms with Crippen molar-refractivity contribution < 1.29 is 4.74 Å². The molecule has 0 atom stereocenters. The van der Waals surface area contributed by atoms with Gasteiger partial charge in [0.1, 0.15) is 18.2 Å². The number of ether oxygens (including phenoxy) is 1. The lowest BCUT2D eigenvalue weighted by atomic mass is 10.1. The molecule has 1 aliphatic heterocycles. The van der Waals surface area contributed by atoms with Crippen molar-refractivity contribution in [1.82, 2.24) is 9.80 Å². The number of nitrogens with zero attached hydrogens (tertiary/aromatic N) is 2. The molecule has 4 heteroatoms. The van der Waals surface area contributed by atoms with Crippen LogP contribution in [-0.2, 0) is 0 Å². The fourth-order valence-electron chi connectivity index (χ4n) is 2.78. The molecule has 4 nitrogen and oxygen atoms in total. The molecule has 0 radical (unpaired) electrons. The normalized spacial score (nSPS) is 15.4. The second-order valence-electron chi connectivity index (χ2n) is 5.70. The predicted molar refractivity (Wildman–Crippen MR) is 93.2 cm³/mol. The fourth-order valence-corrected chi connectivity index (χ4v) is 2.78. The zero-order valence-corrected chi connectivity index (χ0v) is 13.3. The van der Waals surface area contributed by atoms with Crippen LogP contribution < -0.4 is 4.74 Å². The van der Waals surface area contributed by atoms with Crippen LogP contribution in [0.25, 0.3) is 0 Å². The van der Waals surface area contributed by atoms with Gasteiger partial charge in [-0.05, 0) is 12.1 Å². The Balaban J connectivity index is 1.41. The van der Waals surface area contributed by atoms with E-state index >= 15 is 0 Å². The van der Waals surface area contributed by atoms with Crippen LogP contribution in [0.2, 0.25) is 0 Å². The van der Waals surface area contributed by atoms with Gasteiger partial charge in [-0.25, -0.2) is 0 Å². The molecule has 2 aromatic carbocycles. The highest BCUT2D eigenvalue weighted by molar-refractivity contribution is 5.96. The van der Waals surface area contributed by atoms with Crippen LogP contribution in [0.1, 0.15) is 5.56 Å². The highest BCUT2D eigenvalue weighted by atomic mass is 16.5. The second-order valence-corrected chi connectivity index (χ2v) is 5.70. The van der Waals surface area contributed by atoms with Gasteiger partial charge >= 0.3 is 0 Å². The van der Waals surface area contributed by atoms with E-state index in [0.29, 0.717) is 12.4 Å². The molecule has 23 heavy (non-hydrogen) atoms. The van der Waals surface area contributed by atoms with Crippen LogP contribution in [0.3, 0.4) is 0 Å². The standard InChI is InChI=1S/C19H23N3O/c20-19(17-7-3-1-4-8-17)22-13-11-21(12-14-22)15-16-23-18-9-5-2-6-10-18/h1-10,20H,11-16H2. The molecule has 1 fully saturated rings. The van der Waals surface area contributed by atoms with Crippen LogP contribution in [-0.4, -0.2) is 55.0 Å². The van der Waals surface area contributed by atoms with E-state index in [0.717, 1.165) is 44.0 Å². The summed E-state index contributed by atoms with van der Waals surface area (Å²) in [4.78, 5) is 4.56. The van der Waals surface area contributed by atoms with E-state index in [-0.39, 0.29) is 0 Å². The highest BCUT2D eigenvalue weighted by Gasteiger charge is 2.19. The van der Waals surface area contributed by atoms with Crippen molar-refractivity contribution in [3.8, 4) is 5.75 Å². The maximum atomic E-state index is 8.32. The first kappa shape index (κ1) is 15.6. The van der Waals surface area contributed by atoms with Gasteiger partial charge in [-0.3, -0.25) is 10.3 Å². The minimum atomic E-state index is 0.630. The Morgan fingerprint density at radius 3 is 2.13 bits per heavy atom. The van der Waals surface area contributed by atoms with E-state index in [1.54, 1.807) is 0 Å². The van der Waals surface area contributed by atoms with E-state index in [1.807, 2.05) is 60.7 Å². The number of hydrogen-bond acceptors (Lipinski definition) is 3. The summed E-state index contributed by atoms with van der Waals surface area (Å²) in [5, 5.41) is 8.32. The molecular weight excluding hydrogens is 286 g/mol. The molecule has 1 aliphatic rings. The Morgan fingerprint density at radius 1 is 0.870 bits per heavy atom. The number of nitrogens with one attached hydrogen (secondary N) is 1. The first-order valence-corrected chi connectivity index (χ1v) is 8.12. The first-order chi connectivity index (χ1) is 11.3. The molecule has 0 amide bonds. The van der Waals surface area contributed by atoms with Gasteiger partial charge in [-0.15, -0.1) is 0 Å². The summed E-state index contributed by atoms with van der Waals surface area (Å²) in [6.07, 6.45) is 0. The second kappa shape index (κ2) is 7.79. The minimum absolute atomic E-state index is 0.630. The minimum Gasteiger partial charge on any atom is -0.492 e. The van der Waals surface area contributed by atoms with Gasteiger partial charge in [0.2, 0.25) is 0 Å². The summed E-state index contributed by atoms with van der Waals surface area (Å²) >= 11 is 0. The van der Waals surface area contributed by atoms with E-state index in [2.05, 4.69) is 9.80 Å². The highest BCUT2D eigenvalue weighted by Crippen LogP contribution is 2.10. The molecule has 0 saturated carbocycles. The summed E-state index contributed by atoms with van der Waals surface area (Å²) in [5.41, 5.74) is 0.994. The zero-order valence-electron chi connectivity index (χ0n) is 13.3. The van der Waals surface area contributed by atoms with E-state index < -0.39 is 0 Å². The van der Waals surface area contributed by atoms with Crippen molar-refractivity contribution in [2.75, 3.05) is 39.3 Å². The number of rotatable bonds is 5. The average Bonchev–Trinajstić information content (AvgIpc) is 2.63. The van der Waals surface area contributed by atoms with Gasteiger partial charge in [0.15, 0.2) is 0 Å². The summed E-state index contributed by atoms with van der Waals surface area (Å²) in [6.45, 7) is 5.40. The van der Waals surface area contributed by atoms with E-state index in [1.165, 1.54) is 0 Å². The fraction of sp³-hybridized carbons (Fsp3) is 0.316. The Bertz CT molecular complexity index is 607. The zero-order chi connectivity index (χ0) is 15.9. The molecule has 0 aliphatic carbocycles. The lowest BCUT2D eigenvalue weighted by Gasteiger charge is -2.36. The van der Waals surface area contributed by atoms with Crippen LogP contribution in [0.5, 0.6) is 5.75 Å². The third-order valence-corrected chi connectivity index (χ3v) is 4.16. The Hall–Kier alpha value is -2.33. The lowest BCUT2D eigenvalue weighted by Crippen LogP contribution is -2.49. The number of hydrogen-bond donors (Lipinski definition) is 1.